The van der Waals surface area contributed by atoms with Crippen LogP contribution in [0.3, 0.4) is 0 Å². The molecule has 0 radical (unpaired) electrons. The molecular formula is C21H19BrN4O4. The van der Waals surface area contributed by atoms with Crippen LogP contribution in [0.15, 0.2) is 71.3 Å². The van der Waals surface area contributed by atoms with Gasteiger partial charge in [0.1, 0.15) is 0 Å². The van der Waals surface area contributed by atoms with Crippen LogP contribution in [0.25, 0.3) is 5.69 Å². The largest absolute Gasteiger partial charge is 0.469 e. The number of carbonyl (C=O) groups is 3. The SMILES string of the molecule is COC(=O)C[C@@H](NC(=O)C(=O)Nc1ccn(-c2ccccc2)n1)c1cccc(Br)c1. The van der Waals surface area contributed by atoms with Crippen LogP contribution in [0, 0.1) is 0 Å². The summed E-state index contributed by atoms with van der Waals surface area (Å²) in [7, 11) is 1.26. The topological polar surface area (TPSA) is 102 Å². The Kier molecular flexibility index (Phi) is 6.97. The fourth-order valence-corrected chi connectivity index (χ4v) is 3.15. The molecule has 3 aromatic rings. The summed E-state index contributed by atoms with van der Waals surface area (Å²) in [6.45, 7) is 0. The molecule has 0 fully saturated rings. The van der Waals surface area contributed by atoms with E-state index in [1.54, 1.807) is 35.1 Å². The lowest BCUT2D eigenvalue weighted by molar-refractivity contribution is -0.142. The first-order valence-corrected chi connectivity index (χ1v) is 9.81. The predicted molar refractivity (Wildman–Crippen MR) is 114 cm³/mol. The van der Waals surface area contributed by atoms with Crippen LogP contribution in [-0.4, -0.2) is 34.7 Å². The number of aromatic nitrogens is 2. The molecule has 0 saturated heterocycles. The van der Waals surface area contributed by atoms with Gasteiger partial charge in [-0.15, -0.1) is 0 Å². The van der Waals surface area contributed by atoms with Gasteiger partial charge in [-0.1, -0.05) is 46.3 Å². The van der Waals surface area contributed by atoms with Crippen molar-refractivity contribution in [2.45, 2.75) is 12.5 Å². The van der Waals surface area contributed by atoms with Crippen molar-refractivity contribution in [2.24, 2.45) is 0 Å². The number of hydrogen-bond donors (Lipinski definition) is 2. The maximum atomic E-state index is 12.4. The van der Waals surface area contributed by atoms with E-state index in [1.807, 2.05) is 36.4 Å². The third-order valence-corrected chi connectivity index (χ3v) is 4.71. The molecule has 1 atom stereocenters. The lowest BCUT2D eigenvalue weighted by Crippen LogP contribution is -2.38. The highest BCUT2D eigenvalue weighted by atomic mass is 79.9. The quantitative estimate of drug-likeness (QED) is 0.425. The normalized spacial score (nSPS) is 11.4. The second-order valence-electron chi connectivity index (χ2n) is 6.30. The molecule has 0 aliphatic heterocycles. The summed E-state index contributed by atoms with van der Waals surface area (Å²) in [5.74, 6) is -2.07. The van der Waals surface area contributed by atoms with Crippen molar-refractivity contribution in [3.63, 3.8) is 0 Å². The van der Waals surface area contributed by atoms with Gasteiger partial charge in [-0.2, -0.15) is 5.10 Å². The molecule has 154 valence electrons. The number of carbonyl (C=O) groups excluding carboxylic acids is 3. The number of benzene rings is 2. The monoisotopic (exact) mass is 470 g/mol. The van der Waals surface area contributed by atoms with Gasteiger partial charge in [-0.3, -0.25) is 14.4 Å². The Balaban J connectivity index is 1.68. The van der Waals surface area contributed by atoms with Gasteiger partial charge in [0.25, 0.3) is 0 Å². The third-order valence-electron chi connectivity index (χ3n) is 4.21. The highest BCUT2D eigenvalue weighted by molar-refractivity contribution is 9.10. The number of anilines is 1. The number of rotatable bonds is 6. The Hall–Kier alpha value is -3.46. The van der Waals surface area contributed by atoms with E-state index in [1.165, 1.54) is 7.11 Å². The van der Waals surface area contributed by atoms with Crippen molar-refractivity contribution in [3.05, 3.63) is 76.9 Å². The van der Waals surface area contributed by atoms with E-state index in [0.717, 1.165) is 10.2 Å². The molecule has 0 aliphatic carbocycles. The molecule has 0 unspecified atom stereocenters. The molecule has 30 heavy (non-hydrogen) atoms. The lowest BCUT2D eigenvalue weighted by Gasteiger charge is -2.18. The Bertz CT molecular complexity index is 1050. The minimum Gasteiger partial charge on any atom is -0.469 e. The summed E-state index contributed by atoms with van der Waals surface area (Å²) < 4.78 is 7.06. The summed E-state index contributed by atoms with van der Waals surface area (Å²) in [5, 5.41) is 9.27. The standard InChI is InChI=1S/C21H19BrN4O4/c1-30-19(27)13-17(14-6-5-7-15(22)12-14)23-20(28)21(29)24-18-10-11-26(25-18)16-8-3-2-4-9-16/h2-12,17H,13H2,1H3,(H,23,28)(H,24,25,29)/t17-/m1/s1. The van der Waals surface area contributed by atoms with Crippen LogP contribution in [0.5, 0.6) is 0 Å². The second-order valence-corrected chi connectivity index (χ2v) is 7.21. The Morgan fingerprint density at radius 3 is 2.53 bits per heavy atom. The van der Waals surface area contributed by atoms with E-state index in [9.17, 15) is 14.4 Å². The van der Waals surface area contributed by atoms with Gasteiger partial charge in [0.15, 0.2) is 5.82 Å². The Labute approximate surface area is 181 Å². The van der Waals surface area contributed by atoms with Crippen molar-refractivity contribution in [1.29, 1.82) is 0 Å². The minimum absolute atomic E-state index is 0.116. The molecule has 1 aromatic heterocycles. The molecule has 8 nitrogen and oxygen atoms in total. The first kappa shape index (κ1) is 21.3. The van der Waals surface area contributed by atoms with E-state index in [4.69, 9.17) is 4.74 Å². The van der Waals surface area contributed by atoms with Crippen LogP contribution in [0.4, 0.5) is 5.82 Å². The number of esters is 1. The molecule has 2 N–H and O–H groups in total. The maximum Gasteiger partial charge on any atom is 0.314 e. The number of ether oxygens (including phenoxy) is 1. The highest BCUT2D eigenvalue weighted by Gasteiger charge is 2.23. The fraction of sp³-hybridized carbons (Fsp3) is 0.143. The lowest BCUT2D eigenvalue weighted by atomic mass is 10.0. The van der Waals surface area contributed by atoms with E-state index >= 15 is 0 Å². The number of nitrogens with zero attached hydrogens (tertiary/aromatic N) is 2. The van der Waals surface area contributed by atoms with Crippen molar-refractivity contribution < 1.29 is 19.1 Å². The van der Waals surface area contributed by atoms with Crippen molar-refractivity contribution in [2.75, 3.05) is 12.4 Å². The summed E-state index contributed by atoms with van der Waals surface area (Å²) >= 11 is 3.36. The molecule has 0 bridgehead atoms. The molecule has 0 saturated carbocycles. The number of amides is 2. The molecule has 1 heterocycles. The molecule has 2 aromatic carbocycles. The Morgan fingerprint density at radius 1 is 1.07 bits per heavy atom. The molecule has 9 heteroatoms. The molecule has 2 amide bonds. The van der Waals surface area contributed by atoms with Crippen molar-refractivity contribution in [3.8, 4) is 5.69 Å². The maximum absolute atomic E-state index is 12.4. The number of hydrogen-bond acceptors (Lipinski definition) is 5. The van der Waals surface area contributed by atoms with Crippen LogP contribution in [-0.2, 0) is 19.1 Å². The predicted octanol–water partition coefficient (Wildman–Crippen LogP) is 2.99. The second kappa shape index (κ2) is 9.84. The van der Waals surface area contributed by atoms with Gasteiger partial charge in [-0.05, 0) is 29.8 Å². The summed E-state index contributed by atoms with van der Waals surface area (Å²) in [5.41, 5.74) is 1.47. The zero-order valence-corrected chi connectivity index (χ0v) is 17.6. The average molecular weight is 471 g/mol. The minimum atomic E-state index is -0.891. The van der Waals surface area contributed by atoms with E-state index in [0.29, 0.717) is 5.56 Å². The van der Waals surface area contributed by atoms with E-state index in [-0.39, 0.29) is 12.2 Å². The zero-order valence-electron chi connectivity index (χ0n) is 16.0. The first-order chi connectivity index (χ1) is 14.5. The highest BCUT2D eigenvalue weighted by Crippen LogP contribution is 2.21. The number of nitrogens with one attached hydrogen (secondary N) is 2. The van der Waals surface area contributed by atoms with Crippen LogP contribution < -0.4 is 10.6 Å². The average Bonchev–Trinajstić information content (AvgIpc) is 3.22. The molecular weight excluding hydrogens is 452 g/mol. The van der Waals surface area contributed by atoms with Gasteiger partial charge < -0.3 is 15.4 Å². The number of methoxy groups -OCH3 is 1. The summed E-state index contributed by atoms with van der Waals surface area (Å²) in [6.07, 6.45) is 1.55. The zero-order chi connectivity index (χ0) is 21.5. The van der Waals surface area contributed by atoms with Crippen molar-refractivity contribution >= 4 is 39.5 Å². The first-order valence-electron chi connectivity index (χ1n) is 9.01. The Morgan fingerprint density at radius 2 is 1.83 bits per heavy atom. The fourth-order valence-electron chi connectivity index (χ4n) is 2.74. The van der Waals surface area contributed by atoms with Crippen LogP contribution in [0.2, 0.25) is 0 Å². The van der Waals surface area contributed by atoms with Crippen LogP contribution in [0.1, 0.15) is 18.0 Å². The molecule has 0 aliphatic rings. The number of para-hydroxylation sites is 1. The van der Waals surface area contributed by atoms with Crippen molar-refractivity contribution in [1.82, 2.24) is 15.1 Å². The smallest absolute Gasteiger partial charge is 0.314 e. The van der Waals surface area contributed by atoms with Gasteiger partial charge >= 0.3 is 17.8 Å². The van der Waals surface area contributed by atoms with Crippen LogP contribution >= 0.6 is 15.9 Å². The van der Waals surface area contributed by atoms with Gasteiger partial charge in [0.2, 0.25) is 0 Å². The van der Waals surface area contributed by atoms with Gasteiger partial charge in [0, 0.05) is 16.7 Å². The van der Waals surface area contributed by atoms with E-state index in [2.05, 4.69) is 31.7 Å². The molecule has 3 rings (SSSR count). The summed E-state index contributed by atoms with van der Waals surface area (Å²) in [4.78, 5) is 36.6. The van der Waals surface area contributed by atoms with Gasteiger partial charge in [0.05, 0.1) is 25.3 Å². The van der Waals surface area contributed by atoms with Gasteiger partial charge in [-0.25, -0.2) is 4.68 Å². The summed E-state index contributed by atoms with van der Waals surface area (Å²) in [6, 6.07) is 17.3. The molecule has 0 spiro atoms. The van der Waals surface area contributed by atoms with E-state index < -0.39 is 23.8 Å². The third kappa shape index (κ3) is 5.54. The number of halogens is 1.